The van der Waals surface area contributed by atoms with Crippen LogP contribution >= 0.6 is 0 Å². The summed E-state index contributed by atoms with van der Waals surface area (Å²) in [6.07, 6.45) is 1.54. The molecule has 0 saturated heterocycles. The lowest BCUT2D eigenvalue weighted by Gasteiger charge is -2.27. The van der Waals surface area contributed by atoms with E-state index in [9.17, 15) is 4.39 Å². The first-order chi connectivity index (χ1) is 7.09. The molecule has 84 valence electrons. The highest BCUT2D eigenvalue weighted by molar-refractivity contribution is 5.18. The number of benzene rings is 1. The third-order valence-electron chi connectivity index (χ3n) is 2.61. The van der Waals surface area contributed by atoms with E-state index in [1.54, 1.807) is 19.2 Å². The van der Waals surface area contributed by atoms with E-state index in [1.807, 2.05) is 6.92 Å². The number of nitrogens with two attached hydrogens (primary N) is 1. The summed E-state index contributed by atoms with van der Waals surface area (Å²) < 4.78 is 17.8. The van der Waals surface area contributed by atoms with Gasteiger partial charge in [-0.05, 0) is 30.5 Å². The van der Waals surface area contributed by atoms with Gasteiger partial charge in [0.05, 0.1) is 6.61 Å². The van der Waals surface area contributed by atoms with Crippen molar-refractivity contribution in [3.63, 3.8) is 0 Å². The van der Waals surface area contributed by atoms with Crippen LogP contribution in [0.2, 0.25) is 0 Å². The van der Waals surface area contributed by atoms with Crippen LogP contribution in [0.15, 0.2) is 24.3 Å². The average molecular weight is 211 g/mol. The Morgan fingerprint density at radius 2 is 1.93 bits per heavy atom. The molecular formula is C12H18FNO. The van der Waals surface area contributed by atoms with E-state index >= 15 is 0 Å². The van der Waals surface area contributed by atoms with Crippen molar-refractivity contribution in [3.05, 3.63) is 35.6 Å². The molecule has 0 aliphatic rings. The van der Waals surface area contributed by atoms with Crippen molar-refractivity contribution in [2.75, 3.05) is 13.7 Å². The zero-order valence-electron chi connectivity index (χ0n) is 9.29. The fourth-order valence-corrected chi connectivity index (χ4v) is 1.57. The molecule has 0 saturated carbocycles. The van der Waals surface area contributed by atoms with Crippen molar-refractivity contribution in [2.24, 2.45) is 5.73 Å². The molecule has 0 amide bonds. The summed E-state index contributed by atoms with van der Waals surface area (Å²) in [5.74, 6) is -0.218. The van der Waals surface area contributed by atoms with Crippen LogP contribution in [0.5, 0.6) is 0 Å². The van der Waals surface area contributed by atoms with Gasteiger partial charge < -0.3 is 10.5 Å². The van der Waals surface area contributed by atoms with Gasteiger partial charge in [-0.25, -0.2) is 4.39 Å². The molecule has 1 aromatic rings. The minimum Gasteiger partial charge on any atom is -0.383 e. The van der Waals surface area contributed by atoms with Crippen molar-refractivity contribution in [2.45, 2.75) is 25.3 Å². The normalized spacial score (nSPS) is 14.9. The summed E-state index contributed by atoms with van der Waals surface area (Å²) in [5, 5.41) is 0. The molecule has 2 nitrogen and oxygen atoms in total. The molecule has 0 spiro atoms. The average Bonchev–Trinajstić information content (AvgIpc) is 2.22. The Morgan fingerprint density at radius 1 is 1.33 bits per heavy atom. The number of methoxy groups -OCH3 is 1. The van der Waals surface area contributed by atoms with Crippen LogP contribution in [0, 0.1) is 5.82 Å². The summed E-state index contributed by atoms with van der Waals surface area (Å²) in [7, 11) is 1.64. The van der Waals surface area contributed by atoms with Crippen LogP contribution in [0.4, 0.5) is 4.39 Å². The number of hydrogen-bond acceptors (Lipinski definition) is 2. The van der Waals surface area contributed by atoms with Gasteiger partial charge in [-0.1, -0.05) is 19.1 Å². The number of hydrogen-bond donors (Lipinski definition) is 1. The van der Waals surface area contributed by atoms with Gasteiger partial charge >= 0.3 is 0 Å². The Bertz CT molecular complexity index is 299. The Hall–Kier alpha value is -0.930. The van der Waals surface area contributed by atoms with E-state index in [2.05, 4.69) is 0 Å². The van der Waals surface area contributed by atoms with Crippen molar-refractivity contribution < 1.29 is 9.13 Å². The molecule has 1 unspecified atom stereocenters. The predicted octanol–water partition coefficient (Wildman–Crippen LogP) is 2.12. The second-order valence-corrected chi connectivity index (χ2v) is 3.95. The number of halogens is 1. The van der Waals surface area contributed by atoms with Crippen LogP contribution in [0.1, 0.15) is 18.9 Å². The predicted molar refractivity (Wildman–Crippen MR) is 59.2 cm³/mol. The zero-order valence-corrected chi connectivity index (χ0v) is 9.29. The molecule has 0 aromatic heterocycles. The number of ether oxygens (including phenoxy) is 1. The second kappa shape index (κ2) is 5.24. The monoisotopic (exact) mass is 211 g/mol. The molecule has 2 N–H and O–H groups in total. The van der Waals surface area contributed by atoms with E-state index in [0.29, 0.717) is 13.0 Å². The molecule has 0 aliphatic carbocycles. The van der Waals surface area contributed by atoms with Gasteiger partial charge in [0.1, 0.15) is 5.82 Å². The van der Waals surface area contributed by atoms with Gasteiger partial charge in [0.2, 0.25) is 0 Å². The first kappa shape index (κ1) is 12.1. The Morgan fingerprint density at radius 3 is 2.40 bits per heavy atom. The van der Waals surface area contributed by atoms with Crippen molar-refractivity contribution in [3.8, 4) is 0 Å². The Balaban J connectivity index is 2.70. The van der Waals surface area contributed by atoms with Crippen LogP contribution in [-0.2, 0) is 11.2 Å². The van der Waals surface area contributed by atoms with E-state index in [1.165, 1.54) is 12.1 Å². The molecule has 1 rings (SSSR count). The quantitative estimate of drug-likeness (QED) is 0.809. The van der Waals surface area contributed by atoms with Gasteiger partial charge in [-0.15, -0.1) is 0 Å². The van der Waals surface area contributed by atoms with E-state index in [0.717, 1.165) is 12.0 Å². The first-order valence-corrected chi connectivity index (χ1v) is 5.12. The SMILES string of the molecule is CCC(N)(COC)Cc1ccc(F)cc1. The minimum absolute atomic E-state index is 0.218. The van der Waals surface area contributed by atoms with Crippen LogP contribution in [-0.4, -0.2) is 19.3 Å². The molecule has 0 fully saturated rings. The maximum absolute atomic E-state index is 12.7. The Labute approximate surface area is 90.2 Å². The summed E-state index contributed by atoms with van der Waals surface area (Å²) in [5.41, 5.74) is 6.84. The van der Waals surface area contributed by atoms with Gasteiger partial charge in [-0.3, -0.25) is 0 Å². The molecular weight excluding hydrogens is 193 g/mol. The second-order valence-electron chi connectivity index (χ2n) is 3.95. The molecule has 0 radical (unpaired) electrons. The lowest BCUT2D eigenvalue weighted by atomic mass is 9.90. The third-order valence-corrected chi connectivity index (χ3v) is 2.61. The largest absolute Gasteiger partial charge is 0.383 e. The molecule has 0 aliphatic heterocycles. The zero-order chi connectivity index (χ0) is 11.3. The molecule has 0 heterocycles. The molecule has 15 heavy (non-hydrogen) atoms. The topological polar surface area (TPSA) is 35.2 Å². The Kier molecular flexibility index (Phi) is 4.24. The maximum Gasteiger partial charge on any atom is 0.123 e. The minimum atomic E-state index is -0.355. The molecule has 0 bridgehead atoms. The maximum atomic E-state index is 12.7. The van der Waals surface area contributed by atoms with E-state index < -0.39 is 0 Å². The van der Waals surface area contributed by atoms with Crippen LogP contribution in [0.25, 0.3) is 0 Å². The lowest BCUT2D eigenvalue weighted by molar-refractivity contribution is 0.129. The smallest absolute Gasteiger partial charge is 0.123 e. The fourth-order valence-electron chi connectivity index (χ4n) is 1.57. The van der Waals surface area contributed by atoms with E-state index in [-0.39, 0.29) is 11.4 Å². The number of rotatable bonds is 5. The molecule has 3 heteroatoms. The summed E-state index contributed by atoms with van der Waals surface area (Å²) in [6.45, 7) is 2.55. The van der Waals surface area contributed by atoms with Crippen molar-refractivity contribution in [1.82, 2.24) is 0 Å². The highest BCUT2D eigenvalue weighted by Gasteiger charge is 2.22. The van der Waals surface area contributed by atoms with E-state index in [4.69, 9.17) is 10.5 Å². The summed E-state index contributed by atoms with van der Waals surface area (Å²) >= 11 is 0. The fraction of sp³-hybridized carbons (Fsp3) is 0.500. The van der Waals surface area contributed by atoms with Gasteiger partial charge in [0.25, 0.3) is 0 Å². The summed E-state index contributed by atoms with van der Waals surface area (Å²) in [6, 6.07) is 6.45. The third kappa shape index (κ3) is 3.61. The van der Waals surface area contributed by atoms with Gasteiger partial charge in [-0.2, -0.15) is 0 Å². The van der Waals surface area contributed by atoms with Crippen LogP contribution < -0.4 is 5.73 Å². The molecule has 1 aromatic carbocycles. The highest BCUT2D eigenvalue weighted by atomic mass is 19.1. The summed E-state index contributed by atoms with van der Waals surface area (Å²) in [4.78, 5) is 0. The van der Waals surface area contributed by atoms with Crippen LogP contribution in [0.3, 0.4) is 0 Å². The first-order valence-electron chi connectivity index (χ1n) is 5.12. The van der Waals surface area contributed by atoms with Gasteiger partial charge in [0.15, 0.2) is 0 Å². The van der Waals surface area contributed by atoms with Gasteiger partial charge in [0, 0.05) is 12.6 Å². The highest BCUT2D eigenvalue weighted by Crippen LogP contribution is 2.15. The van der Waals surface area contributed by atoms with Crippen molar-refractivity contribution >= 4 is 0 Å². The van der Waals surface area contributed by atoms with Crippen molar-refractivity contribution in [1.29, 1.82) is 0 Å². The lowest BCUT2D eigenvalue weighted by Crippen LogP contribution is -2.45. The standard InChI is InChI=1S/C12H18FNO/c1-3-12(14,9-15-2)8-10-4-6-11(13)7-5-10/h4-7H,3,8-9,14H2,1-2H3. The molecule has 1 atom stereocenters.